The standard InChI is InChI=1S/C20H26N4O4/c1-20(2,3)28-19(27)22-11-14-6-8-23(13-14)17-5-4-15(12-21-17)24-9-7-16(25)10-18(24)26/h4-5,7,9-10,12,14,25H,6,8,11,13H2,1-3H3,(H,22,27)/t14-/m0/s1. The number of nitrogens with one attached hydrogen (secondary N) is 1. The number of carbonyl (C=O) groups excluding carboxylic acids is 1. The molecule has 28 heavy (non-hydrogen) atoms. The normalized spacial score (nSPS) is 16.8. The molecule has 0 saturated carbocycles. The molecule has 1 amide bonds. The first-order valence-corrected chi connectivity index (χ1v) is 9.31. The summed E-state index contributed by atoms with van der Waals surface area (Å²) in [5.41, 5.74) is -0.184. The highest BCUT2D eigenvalue weighted by atomic mass is 16.6. The number of aromatic nitrogens is 2. The van der Waals surface area contributed by atoms with E-state index in [9.17, 15) is 14.7 Å². The Balaban J connectivity index is 1.57. The molecule has 0 spiro atoms. The predicted octanol–water partition coefficient (Wildman–Crippen LogP) is 2.29. The lowest BCUT2D eigenvalue weighted by molar-refractivity contribution is 0.0520. The Morgan fingerprint density at radius 1 is 1.36 bits per heavy atom. The number of rotatable bonds is 4. The first-order chi connectivity index (χ1) is 13.2. The van der Waals surface area contributed by atoms with Gasteiger partial charge in [0.1, 0.15) is 17.2 Å². The van der Waals surface area contributed by atoms with Crippen LogP contribution in [-0.4, -0.2) is 46.0 Å². The molecule has 1 aliphatic rings. The average Bonchev–Trinajstić information content (AvgIpc) is 3.08. The zero-order chi connectivity index (χ0) is 20.3. The van der Waals surface area contributed by atoms with E-state index in [1.165, 1.54) is 16.8 Å². The molecule has 1 atom stereocenters. The van der Waals surface area contributed by atoms with Crippen molar-refractivity contribution in [1.82, 2.24) is 14.9 Å². The van der Waals surface area contributed by atoms with E-state index >= 15 is 0 Å². The maximum Gasteiger partial charge on any atom is 0.407 e. The number of aromatic hydroxyl groups is 1. The lowest BCUT2D eigenvalue weighted by Crippen LogP contribution is -2.36. The maximum atomic E-state index is 12.0. The predicted molar refractivity (Wildman–Crippen MR) is 106 cm³/mol. The van der Waals surface area contributed by atoms with Gasteiger partial charge in [0, 0.05) is 31.9 Å². The Kier molecular flexibility index (Phi) is 5.58. The molecule has 2 aromatic rings. The number of hydrogen-bond donors (Lipinski definition) is 2. The fourth-order valence-corrected chi connectivity index (χ4v) is 3.14. The van der Waals surface area contributed by atoms with Crippen LogP contribution >= 0.6 is 0 Å². The minimum atomic E-state index is -0.503. The van der Waals surface area contributed by atoms with Crippen LogP contribution in [0, 0.1) is 5.92 Å². The molecule has 2 N–H and O–H groups in total. The summed E-state index contributed by atoms with van der Waals surface area (Å²) in [4.78, 5) is 30.4. The van der Waals surface area contributed by atoms with Crippen LogP contribution < -0.4 is 15.8 Å². The molecule has 0 radical (unpaired) electrons. The Morgan fingerprint density at radius 2 is 2.14 bits per heavy atom. The van der Waals surface area contributed by atoms with Crippen molar-refractivity contribution in [2.75, 3.05) is 24.5 Å². The van der Waals surface area contributed by atoms with Crippen molar-refractivity contribution in [3.8, 4) is 11.4 Å². The molecular formula is C20H26N4O4. The third-order valence-corrected chi connectivity index (χ3v) is 4.46. The summed E-state index contributed by atoms with van der Waals surface area (Å²) in [6, 6.07) is 6.32. The molecule has 3 heterocycles. The Labute approximate surface area is 163 Å². The second-order valence-electron chi connectivity index (χ2n) is 7.95. The summed E-state index contributed by atoms with van der Waals surface area (Å²) in [5.74, 6) is 1.10. The molecule has 2 aromatic heterocycles. The van der Waals surface area contributed by atoms with Gasteiger partial charge in [-0.25, -0.2) is 9.78 Å². The first kappa shape index (κ1) is 19.7. The van der Waals surface area contributed by atoms with Crippen molar-refractivity contribution >= 4 is 11.9 Å². The van der Waals surface area contributed by atoms with Gasteiger partial charge in [0.25, 0.3) is 5.56 Å². The molecular weight excluding hydrogens is 360 g/mol. The number of hydrogen-bond acceptors (Lipinski definition) is 6. The quantitative estimate of drug-likeness (QED) is 0.837. The van der Waals surface area contributed by atoms with Crippen molar-refractivity contribution in [1.29, 1.82) is 0 Å². The van der Waals surface area contributed by atoms with E-state index in [1.807, 2.05) is 32.9 Å². The molecule has 150 valence electrons. The van der Waals surface area contributed by atoms with Crippen molar-refractivity contribution in [3.05, 3.63) is 47.0 Å². The van der Waals surface area contributed by atoms with Crippen LogP contribution in [0.15, 0.2) is 41.5 Å². The smallest absolute Gasteiger partial charge is 0.407 e. The van der Waals surface area contributed by atoms with Crippen molar-refractivity contribution in [2.45, 2.75) is 32.8 Å². The minimum absolute atomic E-state index is 0.0612. The Morgan fingerprint density at radius 3 is 2.79 bits per heavy atom. The van der Waals surface area contributed by atoms with Crippen LogP contribution in [0.25, 0.3) is 5.69 Å². The van der Waals surface area contributed by atoms with Crippen LogP contribution in [0.2, 0.25) is 0 Å². The maximum absolute atomic E-state index is 12.0. The lowest BCUT2D eigenvalue weighted by Gasteiger charge is -2.21. The second-order valence-corrected chi connectivity index (χ2v) is 7.95. The highest BCUT2D eigenvalue weighted by molar-refractivity contribution is 5.67. The van der Waals surface area contributed by atoms with Crippen molar-refractivity contribution < 1.29 is 14.6 Å². The number of alkyl carbamates (subject to hydrolysis) is 1. The van der Waals surface area contributed by atoms with Gasteiger partial charge in [-0.1, -0.05) is 0 Å². The zero-order valence-corrected chi connectivity index (χ0v) is 16.4. The van der Waals surface area contributed by atoms with Gasteiger partial charge < -0.3 is 20.1 Å². The highest BCUT2D eigenvalue weighted by Crippen LogP contribution is 2.22. The van der Waals surface area contributed by atoms with Gasteiger partial charge in [-0.15, -0.1) is 0 Å². The van der Waals surface area contributed by atoms with E-state index in [0.717, 1.165) is 31.4 Å². The summed E-state index contributed by atoms with van der Waals surface area (Å²) in [6.07, 6.45) is 3.71. The number of anilines is 1. The van der Waals surface area contributed by atoms with Gasteiger partial charge in [-0.05, 0) is 51.3 Å². The SMILES string of the molecule is CC(C)(C)OC(=O)NC[C@@H]1CCN(c2ccc(-n3ccc(O)cc3=O)cn2)C1. The number of ether oxygens (including phenoxy) is 1. The molecule has 8 nitrogen and oxygen atoms in total. The highest BCUT2D eigenvalue weighted by Gasteiger charge is 2.25. The van der Waals surface area contributed by atoms with Gasteiger partial charge in [0.15, 0.2) is 0 Å². The first-order valence-electron chi connectivity index (χ1n) is 9.31. The molecule has 8 heteroatoms. The van der Waals surface area contributed by atoms with Crippen LogP contribution in [0.4, 0.5) is 10.6 Å². The number of nitrogens with zero attached hydrogens (tertiary/aromatic N) is 3. The van der Waals surface area contributed by atoms with E-state index in [2.05, 4.69) is 15.2 Å². The molecule has 1 aliphatic heterocycles. The van der Waals surface area contributed by atoms with Crippen molar-refractivity contribution in [3.63, 3.8) is 0 Å². The lowest BCUT2D eigenvalue weighted by atomic mass is 10.1. The van der Waals surface area contributed by atoms with Crippen LogP contribution in [0.3, 0.4) is 0 Å². The average molecular weight is 386 g/mol. The fourth-order valence-electron chi connectivity index (χ4n) is 3.14. The monoisotopic (exact) mass is 386 g/mol. The Hall–Kier alpha value is -3.03. The van der Waals surface area contributed by atoms with Gasteiger partial charge in [-0.3, -0.25) is 9.36 Å². The van der Waals surface area contributed by atoms with E-state index in [-0.39, 0.29) is 11.3 Å². The number of pyridine rings is 2. The largest absolute Gasteiger partial charge is 0.508 e. The second kappa shape index (κ2) is 7.92. The molecule has 1 fully saturated rings. The zero-order valence-electron chi connectivity index (χ0n) is 16.4. The van der Waals surface area contributed by atoms with E-state index in [0.29, 0.717) is 18.2 Å². The number of carbonyl (C=O) groups is 1. The molecule has 0 unspecified atom stereocenters. The van der Waals surface area contributed by atoms with Crippen LogP contribution in [0.1, 0.15) is 27.2 Å². The summed E-state index contributed by atoms with van der Waals surface area (Å²) in [5, 5.41) is 12.2. The molecule has 0 aromatic carbocycles. The topological polar surface area (TPSA) is 96.7 Å². The van der Waals surface area contributed by atoms with Gasteiger partial charge in [0.05, 0.1) is 11.9 Å². The third kappa shape index (κ3) is 5.03. The van der Waals surface area contributed by atoms with Gasteiger partial charge in [-0.2, -0.15) is 0 Å². The van der Waals surface area contributed by atoms with Gasteiger partial charge >= 0.3 is 6.09 Å². The third-order valence-electron chi connectivity index (χ3n) is 4.46. The fraction of sp³-hybridized carbons (Fsp3) is 0.450. The summed E-state index contributed by atoms with van der Waals surface area (Å²) < 4.78 is 6.69. The van der Waals surface area contributed by atoms with Crippen molar-refractivity contribution in [2.24, 2.45) is 5.92 Å². The number of amides is 1. The summed E-state index contributed by atoms with van der Waals surface area (Å²) in [7, 11) is 0. The van der Waals surface area contributed by atoms with Crippen LogP contribution in [0.5, 0.6) is 5.75 Å². The van der Waals surface area contributed by atoms with E-state index in [4.69, 9.17) is 4.74 Å². The van der Waals surface area contributed by atoms with Crippen LogP contribution in [-0.2, 0) is 4.74 Å². The molecule has 3 rings (SSSR count). The van der Waals surface area contributed by atoms with E-state index in [1.54, 1.807) is 6.20 Å². The van der Waals surface area contributed by atoms with E-state index < -0.39 is 11.7 Å². The Bertz CT molecular complexity index is 886. The summed E-state index contributed by atoms with van der Waals surface area (Å²) >= 11 is 0. The molecule has 0 aliphatic carbocycles. The minimum Gasteiger partial charge on any atom is -0.508 e. The van der Waals surface area contributed by atoms with Gasteiger partial charge in [0.2, 0.25) is 0 Å². The summed E-state index contributed by atoms with van der Waals surface area (Å²) in [6.45, 7) is 7.72. The molecule has 1 saturated heterocycles. The molecule has 0 bridgehead atoms.